The Kier molecular flexibility index (Phi) is 6.18. The van der Waals surface area contributed by atoms with E-state index in [0.29, 0.717) is 11.9 Å². The molecule has 0 bridgehead atoms. The topological polar surface area (TPSA) is 32.3 Å². The Morgan fingerprint density at radius 2 is 1.95 bits per heavy atom. The van der Waals surface area contributed by atoms with E-state index in [1.54, 1.807) is 11.8 Å². The molecule has 0 aromatic heterocycles. The number of nitrogens with one attached hydrogen (secondary N) is 1. The molecule has 5 heteroatoms. The first-order chi connectivity index (χ1) is 10.2. The molecule has 3 rings (SSSR count). The van der Waals surface area contributed by atoms with Crippen molar-refractivity contribution in [1.82, 2.24) is 10.2 Å². The number of halogens is 1. The number of hydrogen-bond donors (Lipinski definition) is 1. The number of rotatable bonds is 4. The van der Waals surface area contributed by atoms with Crippen LogP contribution in [0.2, 0.25) is 0 Å². The summed E-state index contributed by atoms with van der Waals surface area (Å²) >= 11 is 1.78. The van der Waals surface area contributed by atoms with Crippen molar-refractivity contribution in [2.24, 2.45) is 0 Å². The van der Waals surface area contributed by atoms with Crippen molar-refractivity contribution in [1.29, 1.82) is 0 Å². The van der Waals surface area contributed by atoms with Crippen molar-refractivity contribution < 1.29 is 4.79 Å². The van der Waals surface area contributed by atoms with Crippen LogP contribution in [0.15, 0.2) is 35.2 Å². The van der Waals surface area contributed by atoms with Crippen LogP contribution in [0, 0.1) is 0 Å². The third kappa shape index (κ3) is 3.61. The van der Waals surface area contributed by atoms with Crippen LogP contribution in [0.3, 0.4) is 0 Å². The van der Waals surface area contributed by atoms with Gasteiger partial charge in [-0.2, -0.15) is 0 Å². The zero-order valence-electron chi connectivity index (χ0n) is 13.1. The molecular weight excluding hydrogens is 316 g/mol. The molecule has 1 heterocycles. The second kappa shape index (κ2) is 7.71. The number of amides is 1. The smallest absolute Gasteiger partial charge is 0.239 e. The van der Waals surface area contributed by atoms with Crippen LogP contribution < -0.4 is 5.32 Å². The van der Waals surface area contributed by atoms with E-state index in [1.807, 2.05) is 18.0 Å². The van der Waals surface area contributed by atoms with E-state index in [0.717, 1.165) is 32.4 Å². The average molecular weight is 341 g/mol. The Balaban J connectivity index is 0.00000176. The molecule has 22 heavy (non-hydrogen) atoms. The van der Waals surface area contributed by atoms with Gasteiger partial charge in [-0.1, -0.05) is 31.0 Å². The van der Waals surface area contributed by atoms with Gasteiger partial charge in [0.2, 0.25) is 5.91 Å². The Labute approximate surface area is 143 Å². The van der Waals surface area contributed by atoms with E-state index in [1.165, 1.54) is 17.7 Å². The Morgan fingerprint density at radius 3 is 2.55 bits per heavy atom. The second-order valence-electron chi connectivity index (χ2n) is 6.18. The van der Waals surface area contributed by atoms with Gasteiger partial charge in [-0.3, -0.25) is 4.79 Å². The van der Waals surface area contributed by atoms with E-state index < -0.39 is 0 Å². The fourth-order valence-electron chi connectivity index (χ4n) is 3.48. The van der Waals surface area contributed by atoms with Crippen LogP contribution in [-0.2, 0) is 4.79 Å². The summed E-state index contributed by atoms with van der Waals surface area (Å²) in [5.74, 6) is 0.336. The maximum atomic E-state index is 13.1. The molecule has 2 aliphatic rings. The van der Waals surface area contributed by atoms with E-state index in [-0.39, 0.29) is 17.2 Å². The predicted octanol–water partition coefficient (Wildman–Crippen LogP) is 3.33. The van der Waals surface area contributed by atoms with Crippen molar-refractivity contribution in [2.45, 2.75) is 47.8 Å². The molecule has 1 aromatic carbocycles. The molecule has 1 saturated carbocycles. The minimum Gasteiger partial charge on any atom is -0.340 e. The van der Waals surface area contributed by atoms with Crippen LogP contribution in [0.25, 0.3) is 0 Å². The number of carbonyl (C=O) groups excluding carboxylic acids is 1. The quantitative estimate of drug-likeness (QED) is 0.912. The molecule has 3 nitrogen and oxygen atoms in total. The third-order valence-corrected chi connectivity index (χ3v) is 6.24. The first-order valence-electron chi connectivity index (χ1n) is 7.93. The Morgan fingerprint density at radius 1 is 1.27 bits per heavy atom. The lowest BCUT2D eigenvalue weighted by molar-refractivity contribution is -0.134. The van der Waals surface area contributed by atoms with Crippen LogP contribution in [0.4, 0.5) is 0 Å². The molecule has 1 atom stereocenters. The highest BCUT2D eigenvalue weighted by molar-refractivity contribution is 8.01. The summed E-state index contributed by atoms with van der Waals surface area (Å²) in [6.07, 6.45) is 5.44. The van der Waals surface area contributed by atoms with Crippen molar-refractivity contribution in [3.8, 4) is 0 Å². The summed E-state index contributed by atoms with van der Waals surface area (Å²) in [5.41, 5.74) is 0. The third-order valence-electron chi connectivity index (χ3n) is 4.76. The van der Waals surface area contributed by atoms with Crippen LogP contribution in [-0.4, -0.2) is 41.7 Å². The first-order valence-corrected chi connectivity index (χ1v) is 8.75. The number of thioether (sulfide) groups is 1. The summed E-state index contributed by atoms with van der Waals surface area (Å²) in [6.45, 7) is 1.97. The summed E-state index contributed by atoms with van der Waals surface area (Å²) in [6, 6.07) is 10.7. The predicted molar refractivity (Wildman–Crippen MR) is 94.8 cm³/mol. The zero-order chi connectivity index (χ0) is 14.7. The minimum absolute atomic E-state index is 0. The molecule has 1 amide bonds. The van der Waals surface area contributed by atoms with Crippen molar-refractivity contribution >= 4 is 30.1 Å². The van der Waals surface area contributed by atoms with Crippen molar-refractivity contribution in [2.75, 3.05) is 20.1 Å². The summed E-state index contributed by atoms with van der Waals surface area (Å²) in [4.78, 5) is 16.4. The maximum Gasteiger partial charge on any atom is 0.239 e. The molecule has 122 valence electrons. The van der Waals surface area contributed by atoms with Gasteiger partial charge in [-0.05, 0) is 37.9 Å². The lowest BCUT2D eigenvalue weighted by Crippen LogP contribution is -2.48. The van der Waals surface area contributed by atoms with Gasteiger partial charge in [0.25, 0.3) is 0 Å². The number of nitrogens with zero attached hydrogens (tertiary/aromatic N) is 1. The molecule has 1 aliphatic carbocycles. The standard InChI is InChI=1S/C17H24N2OS.ClH/c1-19(14-9-12-18-13-14)16(20)17(10-5-6-11-17)21-15-7-3-2-4-8-15;/h2-4,7-8,14,18H,5-6,9-13H2,1H3;1H. The maximum absolute atomic E-state index is 13.1. The number of hydrogen-bond acceptors (Lipinski definition) is 3. The monoisotopic (exact) mass is 340 g/mol. The summed E-state index contributed by atoms with van der Waals surface area (Å²) in [5, 5.41) is 3.36. The summed E-state index contributed by atoms with van der Waals surface area (Å²) < 4.78 is -0.237. The molecule has 0 spiro atoms. The number of likely N-dealkylation sites (N-methyl/N-ethyl adjacent to an activating group) is 1. The largest absolute Gasteiger partial charge is 0.340 e. The molecule has 1 aromatic rings. The highest BCUT2D eigenvalue weighted by atomic mass is 35.5. The van der Waals surface area contributed by atoms with E-state index >= 15 is 0 Å². The van der Waals surface area contributed by atoms with Gasteiger partial charge < -0.3 is 10.2 Å². The van der Waals surface area contributed by atoms with Gasteiger partial charge in [0.1, 0.15) is 0 Å². The highest BCUT2D eigenvalue weighted by Crippen LogP contribution is 2.46. The fourth-order valence-corrected chi connectivity index (χ4v) is 4.95. The molecule has 0 radical (unpaired) electrons. The van der Waals surface area contributed by atoms with Crippen LogP contribution in [0.1, 0.15) is 32.1 Å². The molecule has 1 aliphatic heterocycles. The number of benzene rings is 1. The SMILES string of the molecule is CN(C(=O)C1(Sc2ccccc2)CCCC1)C1CCNC1.Cl. The van der Waals surface area contributed by atoms with Gasteiger partial charge >= 0.3 is 0 Å². The van der Waals surface area contributed by atoms with E-state index in [4.69, 9.17) is 0 Å². The fraction of sp³-hybridized carbons (Fsp3) is 0.588. The first kappa shape index (κ1) is 17.6. The van der Waals surface area contributed by atoms with Gasteiger partial charge in [0, 0.05) is 24.5 Å². The molecule has 2 fully saturated rings. The summed E-state index contributed by atoms with van der Waals surface area (Å²) in [7, 11) is 1.99. The van der Waals surface area contributed by atoms with Crippen molar-refractivity contribution in [3.05, 3.63) is 30.3 Å². The molecule has 1 saturated heterocycles. The number of carbonyl (C=O) groups is 1. The van der Waals surface area contributed by atoms with E-state index in [9.17, 15) is 4.79 Å². The minimum atomic E-state index is -0.237. The van der Waals surface area contributed by atoms with Gasteiger partial charge in [0.15, 0.2) is 0 Å². The molecular formula is C17H25ClN2OS. The molecule has 1 N–H and O–H groups in total. The van der Waals surface area contributed by atoms with Gasteiger partial charge in [0.05, 0.1) is 4.75 Å². The Bertz CT molecular complexity index is 485. The van der Waals surface area contributed by atoms with E-state index in [2.05, 4.69) is 29.6 Å². The van der Waals surface area contributed by atoms with Gasteiger partial charge in [-0.25, -0.2) is 0 Å². The van der Waals surface area contributed by atoms with Crippen LogP contribution >= 0.6 is 24.2 Å². The lowest BCUT2D eigenvalue weighted by atomic mass is 10.0. The normalized spacial score (nSPS) is 23.0. The highest BCUT2D eigenvalue weighted by Gasteiger charge is 2.45. The lowest BCUT2D eigenvalue weighted by Gasteiger charge is -2.34. The van der Waals surface area contributed by atoms with Gasteiger partial charge in [-0.15, -0.1) is 24.2 Å². The van der Waals surface area contributed by atoms with Crippen LogP contribution in [0.5, 0.6) is 0 Å². The van der Waals surface area contributed by atoms with Crippen molar-refractivity contribution in [3.63, 3.8) is 0 Å². The molecule has 1 unspecified atom stereocenters. The zero-order valence-corrected chi connectivity index (χ0v) is 14.7. The average Bonchev–Trinajstić information content (AvgIpc) is 3.19. The Hall–Kier alpha value is -0.710. The second-order valence-corrected chi connectivity index (χ2v) is 7.64.